The van der Waals surface area contributed by atoms with Crippen molar-refractivity contribution in [1.29, 1.82) is 0 Å². The lowest BCUT2D eigenvalue weighted by Crippen LogP contribution is -2.31. The Hall–Kier alpha value is -1.06. The van der Waals surface area contributed by atoms with Crippen LogP contribution in [-0.4, -0.2) is 21.5 Å². The molecule has 2 aromatic carbocycles. The highest BCUT2D eigenvalue weighted by Gasteiger charge is 2.15. The quantitative estimate of drug-likeness (QED) is 0.760. The highest BCUT2D eigenvalue weighted by atomic mass is 32.2. The predicted molar refractivity (Wildman–Crippen MR) is 84.0 cm³/mol. The van der Waals surface area contributed by atoms with E-state index < -0.39 is 0 Å². The molecule has 0 bridgehead atoms. The van der Waals surface area contributed by atoms with Gasteiger partial charge in [0.05, 0.1) is 0 Å². The Kier molecular flexibility index (Phi) is 3.52. The van der Waals surface area contributed by atoms with E-state index in [4.69, 9.17) is 12.2 Å². The van der Waals surface area contributed by atoms with Gasteiger partial charge < -0.3 is 4.90 Å². The second kappa shape index (κ2) is 5.29. The molecule has 0 unspecified atom stereocenters. The number of fused-ring (bicyclic) bond motifs is 1. The monoisotopic (exact) mass is 273 g/mol. The maximum atomic E-state index is 5.41. The Morgan fingerprint density at radius 3 is 2.78 bits per heavy atom. The van der Waals surface area contributed by atoms with E-state index in [2.05, 4.69) is 47.4 Å². The maximum absolute atomic E-state index is 5.41. The van der Waals surface area contributed by atoms with Crippen molar-refractivity contribution in [3.05, 3.63) is 48.0 Å². The Balaban J connectivity index is 1.83. The lowest BCUT2D eigenvalue weighted by molar-refractivity contribution is 0.423. The lowest BCUT2D eigenvalue weighted by Gasteiger charge is -2.28. The van der Waals surface area contributed by atoms with Crippen molar-refractivity contribution in [3.63, 3.8) is 0 Å². The van der Waals surface area contributed by atoms with Gasteiger partial charge in [0.25, 0.3) is 0 Å². The molecule has 1 aliphatic heterocycles. The molecule has 0 atom stereocenters. The van der Waals surface area contributed by atoms with Crippen LogP contribution in [0.4, 0.5) is 0 Å². The first-order valence-corrected chi connectivity index (χ1v) is 7.62. The van der Waals surface area contributed by atoms with Crippen LogP contribution < -0.4 is 0 Å². The zero-order chi connectivity index (χ0) is 12.4. The van der Waals surface area contributed by atoms with Crippen LogP contribution in [-0.2, 0) is 6.54 Å². The fourth-order valence-corrected chi connectivity index (χ4v) is 3.49. The molecule has 3 heteroatoms. The summed E-state index contributed by atoms with van der Waals surface area (Å²) in [5, 5.41) is 2.61. The highest BCUT2D eigenvalue weighted by molar-refractivity contribution is 8.22. The van der Waals surface area contributed by atoms with Crippen LogP contribution in [0.5, 0.6) is 0 Å². The summed E-state index contributed by atoms with van der Waals surface area (Å²) >= 11 is 7.22. The SMILES string of the molecule is S=C1SCCCN1Cc1ccc2ccccc2c1. The summed E-state index contributed by atoms with van der Waals surface area (Å²) in [7, 11) is 0. The van der Waals surface area contributed by atoms with E-state index >= 15 is 0 Å². The van der Waals surface area contributed by atoms with E-state index in [0.29, 0.717) is 0 Å². The Morgan fingerprint density at radius 2 is 1.94 bits per heavy atom. The van der Waals surface area contributed by atoms with E-state index in [1.807, 2.05) is 0 Å². The number of hydrogen-bond acceptors (Lipinski definition) is 2. The van der Waals surface area contributed by atoms with Gasteiger partial charge in [0.1, 0.15) is 4.32 Å². The molecule has 1 aliphatic rings. The van der Waals surface area contributed by atoms with Gasteiger partial charge in [-0.15, -0.1) is 0 Å². The van der Waals surface area contributed by atoms with Crippen LogP contribution in [0.2, 0.25) is 0 Å². The molecule has 0 aromatic heterocycles. The minimum absolute atomic E-state index is 0.941. The number of thiocarbonyl (C=S) groups is 1. The number of thioether (sulfide) groups is 1. The smallest absolute Gasteiger partial charge is 0.136 e. The van der Waals surface area contributed by atoms with Crippen molar-refractivity contribution in [2.24, 2.45) is 0 Å². The molecule has 18 heavy (non-hydrogen) atoms. The second-order valence-electron chi connectivity index (χ2n) is 4.57. The molecule has 1 heterocycles. The van der Waals surface area contributed by atoms with E-state index in [-0.39, 0.29) is 0 Å². The second-order valence-corrected chi connectivity index (χ2v) is 6.30. The zero-order valence-corrected chi connectivity index (χ0v) is 11.8. The van der Waals surface area contributed by atoms with Gasteiger partial charge in [0.2, 0.25) is 0 Å². The third-order valence-electron chi connectivity index (χ3n) is 3.24. The van der Waals surface area contributed by atoms with E-state index in [1.165, 1.54) is 28.5 Å². The first-order valence-electron chi connectivity index (χ1n) is 6.22. The maximum Gasteiger partial charge on any atom is 0.136 e. The Labute approximate surface area is 117 Å². The molecule has 0 radical (unpaired) electrons. The first kappa shape index (κ1) is 12.0. The molecule has 0 aliphatic carbocycles. The van der Waals surface area contributed by atoms with Gasteiger partial charge in [-0.25, -0.2) is 0 Å². The molecule has 3 rings (SSSR count). The summed E-state index contributed by atoms with van der Waals surface area (Å²) in [6.07, 6.45) is 1.23. The van der Waals surface area contributed by atoms with Gasteiger partial charge in [-0.2, -0.15) is 0 Å². The molecule has 2 aromatic rings. The number of hydrogen-bond donors (Lipinski definition) is 0. The molecule has 0 spiro atoms. The topological polar surface area (TPSA) is 3.24 Å². The molecule has 1 saturated heterocycles. The van der Waals surface area contributed by atoms with Gasteiger partial charge in [-0.3, -0.25) is 0 Å². The molecule has 92 valence electrons. The zero-order valence-electron chi connectivity index (χ0n) is 10.1. The highest BCUT2D eigenvalue weighted by Crippen LogP contribution is 2.22. The molecular weight excluding hydrogens is 258 g/mol. The number of nitrogens with zero attached hydrogens (tertiary/aromatic N) is 1. The van der Waals surface area contributed by atoms with Crippen molar-refractivity contribution < 1.29 is 0 Å². The van der Waals surface area contributed by atoms with Gasteiger partial charge in [-0.1, -0.05) is 60.4 Å². The van der Waals surface area contributed by atoms with Crippen molar-refractivity contribution in [2.75, 3.05) is 12.3 Å². The summed E-state index contributed by atoms with van der Waals surface area (Å²) < 4.78 is 1.05. The third kappa shape index (κ3) is 2.52. The average molecular weight is 273 g/mol. The first-order chi connectivity index (χ1) is 8.83. The molecular formula is C15H15NS2. The van der Waals surface area contributed by atoms with Crippen LogP contribution in [0.25, 0.3) is 10.8 Å². The van der Waals surface area contributed by atoms with Crippen molar-refractivity contribution in [3.8, 4) is 0 Å². The third-order valence-corrected chi connectivity index (χ3v) is 4.85. The standard InChI is InChI=1S/C15H15NS2/c17-15-16(8-3-9-18-15)11-12-6-7-13-4-1-2-5-14(13)10-12/h1-2,4-7,10H,3,8-9,11H2. The van der Waals surface area contributed by atoms with Crippen molar-refractivity contribution in [1.82, 2.24) is 4.90 Å². The minimum atomic E-state index is 0.941. The molecule has 1 fully saturated rings. The molecule has 0 N–H and O–H groups in total. The molecule has 0 saturated carbocycles. The fourth-order valence-electron chi connectivity index (χ4n) is 2.30. The average Bonchev–Trinajstić information content (AvgIpc) is 2.41. The molecule has 1 nitrogen and oxygen atoms in total. The van der Waals surface area contributed by atoms with Crippen molar-refractivity contribution >= 4 is 39.1 Å². The summed E-state index contributed by atoms with van der Waals surface area (Å²) in [5.74, 6) is 1.17. The van der Waals surface area contributed by atoms with E-state index in [0.717, 1.165) is 17.4 Å². The van der Waals surface area contributed by atoms with Gasteiger partial charge in [0, 0.05) is 18.8 Å². The number of benzene rings is 2. The largest absolute Gasteiger partial charge is 0.353 e. The number of rotatable bonds is 2. The van der Waals surface area contributed by atoms with Crippen LogP contribution in [0.3, 0.4) is 0 Å². The Bertz CT molecular complexity index is 579. The lowest BCUT2D eigenvalue weighted by atomic mass is 10.1. The van der Waals surface area contributed by atoms with Crippen LogP contribution in [0.1, 0.15) is 12.0 Å². The summed E-state index contributed by atoms with van der Waals surface area (Å²) in [4.78, 5) is 2.31. The molecule has 0 amide bonds. The Morgan fingerprint density at radius 1 is 1.11 bits per heavy atom. The normalized spacial score (nSPS) is 16.2. The van der Waals surface area contributed by atoms with Gasteiger partial charge in [-0.05, 0) is 28.8 Å². The van der Waals surface area contributed by atoms with E-state index in [1.54, 1.807) is 11.8 Å². The minimum Gasteiger partial charge on any atom is -0.353 e. The van der Waals surface area contributed by atoms with Crippen LogP contribution >= 0.6 is 24.0 Å². The predicted octanol–water partition coefficient (Wildman–Crippen LogP) is 4.06. The summed E-state index contributed by atoms with van der Waals surface area (Å²) in [5.41, 5.74) is 1.35. The fraction of sp³-hybridized carbons (Fsp3) is 0.267. The van der Waals surface area contributed by atoms with Crippen molar-refractivity contribution in [2.45, 2.75) is 13.0 Å². The van der Waals surface area contributed by atoms with Gasteiger partial charge in [0.15, 0.2) is 0 Å². The summed E-state index contributed by atoms with van der Waals surface area (Å²) in [6.45, 7) is 2.04. The van der Waals surface area contributed by atoms with E-state index in [9.17, 15) is 0 Å². The summed E-state index contributed by atoms with van der Waals surface area (Å²) in [6, 6.07) is 15.2. The van der Waals surface area contributed by atoms with Gasteiger partial charge >= 0.3 is 0 Å². The van der Waals surface area contributed by atoms with Crippen LogP contribution in [0, 0.1) is 0 Å². The van der Waals surface area contributed by atoms with Crippen LogP contribution in [0.15, 0.2) is 42.5 Å².